The maximum Gasteiger partial charge on any atom is 0.232 e. The van der Waals surface area contributed by atoms with Crippen LogP contribution in [0.25, 0.3) is 0 Å². The standard InChI is InChI=1S/C13H18N4O2S/c1-10(17-9-14-8-16-17)6-15-13(18)11(2)20-7-12-4-3-5-19-12/h3-5,8-11H,6-7H2,1-2H3,(H,15,18). The molecule has 20 heavy (non-hydrogen) atoms. The number of rotatable bonds is 7. The van der Waals surface area contributed by atoms with Gasteiger partial charge in [-0.05, 0) is 26.0 Å². The van der Waals surface area contributed by atoms with Crippen molar-refractivity contribution in [2.75, 3.05) is 6.54 Å². The van der Waals surface area contributed by atoms with Gasteiger partial charge >= 0.3 is 0 Å². The predicted molar refractivity (Wildman–Crippen MR) is 77.2 cm³/mol. The van der Waals surface area contributed by atoms with E-state index >= 15 is 0 Å². The summed E-state index contributed by atoms with van der Waals surface area (Å²) in [7, 11) is 0. The fourth-order valence-electron chi connectivity index (χ4n) is 1.61. The Morgan fingerprint density at radius 3 is 3.05 bits per heavy atom. The number of carbonyl (C=O) groups excluding carboxylic acids is 1. The van der Waals surface area contributed by atoms with Crippen molar-refractivity contribution in [3.63, 3.8) is 0 Å². The molecule has 2 aromatic heterocycles. The topological polar surface area (TPSA) is 73.0 Å². The molecule has 2 rings (SSSR count). The van der Waals surface area contributed by atoms with Crippen LogP contribution in [-0.4, -0.2) is 32.5 Å². The van der Waals surface area contributed by atoms with Gasteiger partial charge in [0.1, 0.15) is 18.4 Å². The molecule has 0 radical (unpaired) electrons. The summed E-state index contributed by atoms with van der Waals surface area (Å²) < 4.78 is 6.96. The van der Waals surface area contributed by atoms with E-state index in [0.717, 1.165) is 5.76 Å². The molecule has 1 amide bonds. The summed E-state index contributed by atoms with van der Waals surface area (Å²) in [5, 5.41) is 6.85. The molecule has 0 aliphatic carbocycles. The molecule has 108 valence electrons. The van der Waals surface area contributed by atoms with E-state index in [1.807, 2.05) is 26.0 Å². The number of nitrogens with one attached hydrogen (secondary N) is 1. The quantitative estimate of drug-likeness (QED) is 0.844. The summed E-state index contributed by atoms with van der Waals surface area (Å²) in [6.45, 7) is 4.41. The molecule has 0 fully saturated rings. The first-order chi connectivity index (χ1) is 9.66. The number of carbonyl (C=O) groups is 1. The number of hydrogen-bond donors (Lipinski definition) is 1. The van der Waals surface area contributed by atoms with Crippen LogP contribution in [-0.2, 0) is 10.5 Å². The second kappa shape index (κ2) is 7.14. The highest BCUT2D eigenvalue weighted by atomic mass is 32.2. The van der Waals surface area contributed by atoms with Crippen molar-refractivity contribution in [2.45, 2.75) is 30.9 Å². The van der Waals surface area contributed by atoms with Crippen LogP contribution in [0, 0.1) is 0 Å². The molecule has 0 aliphatic heterocycles. The van der Waals surface area contributed by atoms with Crippen LogP contribution >= 0.6 is 11.8 Å². The minimum Gasteiger partial charge on any atom is -0.468 e. The number of aromatic nitrogens is 3. The van der Waals surface area contributed by atoms with Gasteiger partial charge in [0, 0.05) is 6.54 Å². The predicted octanol–water partition coefficient (Wildman–Crippen LogP) is 1.87. The Bertz CT molecular complexity index is 512. The molecule has 0 bridgehead atoms. The van der Waals surface area contributed by atoms with Gasteiger partial charge in [-0.2, -0.15) is 5.10 Å². The monoisotopic (exact) mass is 294 g/mol. The molecule has 7 heteroatoms. The first-order valence-corrected chi connectivity index (χ1v) is 7.47. The number of amides is 1. The summed E-state index contributed by atoms with van der Waals surface area (Å²) in [4.78, 5) is 15.9. The highest BCUT2D eigenvalue weighted by molar-refractivity contribution is 7.99. The average molecular weight is 294 g/mol. The van der Waals surface area contributed by atoms with E-state index in [1.54, 1.807) is 29.0 Å². The first kappa shape index (κ1) is 14.6. The van der Waals surface area contributed by atoms with Crippen molar-refractivity contribution in [1.82, 2.24) is 20.1 Å². The van der Waals surface area contributed by atoms with E-state index in [0.29, 0.717) is 12.3 Å². The van der Waals surface area contributed by atoms with Crippen molar-refractivity contribution in [3.8, 4) is 0 Å². The van der Waals surface area contributed by atoms with E-state index in [2.05, 4.69) is 15.4 Å². The fourth-order valence-corrected chi connectivity index (χ4v) is 2.42. The van der Waals surface area contributed by atoms with Gasteiger partial charge in [0.05, 0.1) is 23.3 Å². The van der Waals surface area contributed by atoms with Gasteiger partial charge in [-0.3, -0.25) is 4.79 Å². The lowest BCUT2D eigenvalue weighted by molar-refractivity contribution is -0.120. The third-order valence-electron chi connectivity index (χ3n) is 2.88. The number of hydrogen-bond acceptors (Lipinski definition) is 5. The van der Waals surface area contributed by atoms with Crippen LogP contribution in [0.3, 0.4) is 0 Å². The lowest BCUT2D eigenvalue weighted by atomic mass is 10.3. The Morgan fingerprint density at radius 2 is 2.40 bits per heavy atom. The SMILES string of the molecule is CC(SCc1ccco1)C(=O)NCC(C)n1cncn1. The molecule has 2 heterocycles. The zero-order chi connectivity index (χ0) is 14.4. The Kier molecular flexibility index (Phi) is 5.23. The summed E-state index contributed by atoms with van der Waals surface area (Å²) in [5.74, 6) is 1.60. The lowest BCUT2D eigenvalue weighted by Crippen LogP contribution is -2.35. The molecule has 0 saturated heterocycles. The normalized spacial score (nSPS) is 13.9. The molecule has 2 unspecified atom stereocenters. The molecule has 0 aromatic carbocycles. The maximum absolute atomic E-state index is 12.0. The second-order valence-corrected chi connectivity index (χ2v) is 5.83. The van der Waals surface area contributed by atoms with Crippen LogP contribution < -0.4 is 5.32 Å². The van der Waals surface area contributed by atoms with Crippen molar-refractivity contribution in [1.29, 1.82) is 0 Å². The fraction of sp³-hybridized carbons (Fsp3) is 0.462. The van der Waals surface area contributed by atoms with Gasteiger partial charge in [0.15, 0.2) is 0 Å². The minimum atomic E-state index is -0.122. The molecule has 1 N–H and O–H groups in total. The zero-order valence-corrected chi connectivity index (χ0v) is 12.3. The van der Waals surface area contributed by atoms with Gasteiger partial charge in [-0.1, -0.05) is 0 Å². The lowest BCUT2D eigenvalue weighted by Gasteiger charge is -2.15. The molecule has 2 atom stereocenters. The Hall–Kier alpha value is -1.76. The van der Waals surface area contributed by atoms with Crippen molar-refractivity contribution in [3.05, 3.63) is 36.8 Å². The average Bonchev–Trinajstić information content (AvgIpc) is 3.13. The zero-order valence-electron chi connectivity index (χ0n) is 11.5. The van der Waals surface area contributed by atoms with Gasteiger partial charge in [0.2, 0.25) is 5.91 Å². The Morgan fingerprint density at radius 1 is 1.55 bits per heavy atom. The van der Waals surface area contributed by atoms with E-state index in [9.17, 15) is 4.79 Å². The van der Waals surface area contributed by atoms with Crippen LogP contribution in [0.15, 0.2) is 35.5 Å². The number of furan rings is 1. The summed E-state index contributed by atoms with van der Waals surface area (Å²) in [6, 6.07) is 3.84. The molecular weight excluding hydrogens is 276 g/mol. The summed E-state index contributed by atoms with van der Waals surface area (Å²) >= 11 is 1.55. The van der Waals surface area contributed by atoms with E-state index in [4.69, 9.17) is 4.42 Å². The molecule has 0 aliphatic rings. The van der Waals surface area contributed by atoms with Crippen molar-refractivity contribution >= 4 is 17.7 Å². The maximum atomic E-state index is 12.0. The molecule has 0 saturated carbocycles. The van der Waals surface area contributed by atoms with Gasteiger partial charge < -0.3 is 9.73 Å². The summed E-state index contributed by atoms with van der Waals surface area (Å²) in [6.07, 6.45) is 4.77. The van der Waals surface area contributed by atoms with Crippen molar-refractivity contribution in [2.24, 2.45) is 0 Å². The smallest absolute Gasteiger partial charge is 0.232 e. The van der Waals surface area contributed by atoms with Crippen LogP contribution in [0.2, 0.25) is 0 Å². The molecule has 6 nitrogen and oxygen atoms in total. The highest BCUT2D eigenvalue weighted by Gasteiger charge is 2.15. The van der Waals surface area contributed by atoms with Gasteiger partial charge in [0.25, 0.3) is 0 Å². The van der Waals surface area contributed by atoms with Gasteiger partial charge in [-0.25, -0.2) is 9.67 Å². The van der Waals surface area contributed by atoms with E-state index in [1.165, 1.54) is 6.33 Å². The van der Waals surface area contributed by atoms with Crippen LogP contribution in [0.4, 0.5) is 0 Å². The Labute approximate surface area is 121 Å². The van der Waals surface area contributed by atoms with E-state index < -0.39 is 0 Å². The van der Waals surface area contributed by atoms with Crippen LogP contribution in [0.5, 0.6) is 0 Å². The van der Waals surface area contributed by atoms with Crippen molar-refractivity contribution < 1.29 is 9.21 Å². The number of nitrogens with zero attached hydrogens (tertiary/aromatic N) is 3. The molecule has 0 spiro atoms. The first-order valence-electron chi connectivity index (χ1n) is 6.42. The minimum absolute atomic E-state index is 0.0218. The molecular formula is C13H18N4O2S. The van der Waals surface area contributed by atoms with Gasteiger partial charge in [-0.15, -0.1) is 11.8 Å². The molecule has 2 aromatic rings. The Balaban J connectivity index is 1.71. The summed E-state index contributed by atoms with van der Waals surface area (Å²) in [5.41, 5.74) is 0. The number of thioether (sulfide) groups is 1. The largest absolute Gasteiger partial charge is 0.468 e. The third-order valence-corrected chi connectivity index (χ3v) is 4.05. The third kappa shape index (κ3) is 4.12. The second-order valence-electron chi connectivity index (χ2n) is 4.50. The van der Waals surface area contributed by atoms with Crippen LogP contribution in [0.1, 0.15) is 25.6 Å². The van der Waals surface area contributed by atoms with E-state index in [-0.39, 0.29) is 17.2 Å². The highest BCUT2D eigenvalue weighted by Crippen LogP contribution is 2.18.